The number of rotatable bonds is 3. The molecule has 0 aromatic carbocycles. The standard InChI is InChI=1S/C16H16F3N2OS/c1-2-12(22)10-9-23-15-11(16(17,18)19)8-13(20-14(10)15)21-6-4-3-5-7-21/h3,8-9H,2,4-7H2,1H3. The number of fused-ring (bicyclic) bond motifs is 1. The highest BCUT2D eigenvalue weighted by molar-refractivity contribution is 7.17. The van der Waals surface area contributed by atoms with Gasteiger partial charge in [0.2, 0.25) is 0 Å². The molecular formula is C16H16F3N2OS. The van der Waals surface area contributed by atoms with E-state index in [9.17, 15) is 18.0 Å². The molecule has 3 nitrogen and oxygen atoms in total. The Balaban J connectivity index is 2.19. The number of piperidine rings is 1. The zero-order valence-corrected chi connectivity index (χ0v) is 13.4. The third kappa shape index (κ3) is 3.06. The number of ketones is 1. The zero-order chi connectivity index (χ0) is 16.6. The summed E-state index contributed by atoms with van der Waals surface area (Å²) in [6.45, 7) is 2.99. The fraction of sp³-hybridized carbons (Fsp3) is 0.438. The molecule has 1 radical (unpaired) electrons. The molecular weight excluding hydrogens is 325 g/mol. The van der Waals surface area contributed by atoms with Crippen molar-refractivity contribution in [2.24, 2.45) is 0 Å². The Morgan fingerprint density at radius 1 is 1.35 bits per heavy atom. The van der Waals surface area contributed by atoms with Gasteiger partial charge in [-0.25, -0.2) is 4.98 Å². The van der Waals surface area contributed by atoms with Crippen LogP contribution in [-0.4, -0.2) is 23.9 Å². The zero-order valence-electron chi connectivity index (χ0n) is 12.6. The third-order valence-electron chi connectivity index (χ3n) is 3.97. The molecule has 0 amide bonds. The smallest absolute Gasteiger partial charge is 0.357 e. The van der Waals surface area contributed by atoms with Crippen LogP contribution in [0.3, 0.4) is 0 Å². The van der Waals surface area contributed by atoms with E-state index in [1.54, 1.807) is 6.92 Å². The summed E-state index contributed by atoms with van der Waals surface area (Å²) in [4.78, 5) is 18.3. The molecule has 3 rings (SSSR count). The molecule has 0 bridgehead atoms. The second-order valence-corrected chi connectivity index (χ2v) is 6.36. The number of hydrogen-bond donors (Lipinski definition) is 0. The summed E-state index contributed by atoms with van der Waals surface area (Å²) >= 11 is 0.938. The Kier molecular flexibility index (Phi) is 4.31. The number of halogens is 3. The Morgan fingerprint density at radius 3 is 2.65 bits per heavy atom. The van der Waals surface area contributed by atoms with E-state index in [0.717, 1.165) is 30.2 Å². The van der Waals surface area contributed by atoms with Crippen molar-refractivity contribution in [3.8, 4) is 0 Å². The predicted molar refractivity (Wildman–Crippen MR) is 85.0 cm³/mol. The van der Waals surface area contributed by atoms with Crippen LogP contribution < -0.4 is 4.90 Å². The lowest BCUT2D eigenvalue weighted by Crippen LogP contribution is -2.30. The van der Waals surface area contributed by atoms with Gasteiger partial charge >= 0.3 is 6.18 Å². The summed E-state index contributed by atoms with van der Waals surface area (Å²) in [7, 11) is 0. The van der Waals surface area contributed by atoms with Gasteiger partial charge in [-0.2, -0.15) is 13.2 Å². The molecule has 23 heavy (non-hydrogen) atoms. The molecule has 7 heteroatoms. The first-order chi connectivity index (χ1) is 10.9. The number of anilines is 1. The minimum absolute atomic E-state index is 0.0432. The van der Waals surface area contributed by atoms with E-state index in [1.807, 2.05) is 4.90 Å². The van der Waals surface area contributed by atoms with Crippen LogP contribution in [0.1, 0.15) is 42.1 Å². The third-order valence-corrected chi connectivity index (χ3v) is 4.97. The maximum absolute atomic E-state index is 13.4. The summed E-state index contributed by atoms with van der Waals surface area (Å²) < 4.78 is 40.3. The molecule has 2 aromatic rings. The fourth-order valence-corrected chi connectivity index (χ4v) is 3.78. The van der Waals surface area contributed by atoms with E-state index in [2.05, 4.69) is 11.4 Å². The molecule has 0 atom stereocenters. The number of pyridine rings is 1. The number of Topliss-reactive ketones (excluding diaryl/α,β-unsaturated/α-hetero) is 1. The summed E-state index contributed by atoms with van der Waals surface area (Å²) in [5.41, 5.74) is -0.225. The maximum atomic E-state index is 13.4. The van der Waals surface area contributed by atoms with Crippen molar-refractivity contribution in [2.75, 3.05) is 18.0 Å². The average Bonchev–Trinajstić information content (AvgIpc) is 2.97. The Morgan fingerprint density at radius 2 is 2.04 bits per heavy atom. The summed E-state index contributed by atoms with van der Waals surface area (Å²) in [6, 6.07) is 1.12. The van der Waals surface area contributed by atoms with Gasteiger partial charge in [-0.05, 0) is 25.3 Å². The highest BCUT2D eigenvalue weighted by Crippen LogP contribution is 2.40. The SMILES string of the molecule is CCC(=O)c1csc2c(C(F)(F)F)cc(N3CC[CH]CC3)nc12. The van der Waals surface area contributed by atoms with Crippen LogP contribution in [-0.2, 0) is 6.18 Å². The molecule has 0 aliphatic carbocycles. The molecule has 0 spiro atoms. The van der Waals surface area contributed by atoms with Gasteiger partial charge in [-0.1, -0.05) is 6.92 Å². The summed E-state index contributed by atoms with van der Waals surface area (Å²) in [5.74, 6) is 0.127. The molecule has 3 heterocycles. The van der Waals surface area contributed by atoms with E-state index < -0.39 is 11.7 Å². The normalized spacial score (nSPS) is 16.1. The van der Waals surface area contributed by atoms with Crippen LogP contribution in [0.2, 0.25) is 0 Å². The number of hydrogen-bond acceptors (Lipinski definition) is 4. The van der Waals surface area contributed by atoms with Crippen molar-refractivity contribution < 1.29 is 18.0 Å². The average molecular weight is 341 g/mol. The molecule has 123 valence electrons. The van der Waals surface area contributed by atoms with E-state index in [-0.39, 0.29) is 22.4 Å². The van der Waals surface area contributed by atoms with Gasteiger partial charge < -0.3 is 4.90 Å². The van der Waals surface area contributed by atoms with Crippen LogP contribution in [0.4, 0.5) is 19.0 Å². The number of alkyl halides is 3. The molecule has 0 saturated carbocycles. The quantitative estimate of drug-likeness (QED) is 0.758. The first kappa shape index (κ1) is 16.2. The van der Waals surface area contributed by atoms with Crippen molar-refractivity contribution >= 4 is 33.2 Å². The molecule has 2 aromatic heterocycles. The highest BCUT2D eigenvalue weighted by Gasteiger charge is 2.35. The van der Waals surface area contributed by atoms with Gasteiger partial charge in [0, 0.05) is 24.9 Å². The molecule has 1 aliphatic heterocycles. The van der Waals surface area contributed by atoms with Crippen LogP contribution in [0.25, 0.3) is 10.2 Å². The van der Waals surface area contributed by atoms with E-state index >= 15 is 0 Å². The van der Waals surface area contributed by atoms with Crippen LogP contribution in [0.15, 0.2) is 11.4 Å². The second kappa shape index (κ2) is 6.11. The van der Waals surface area contributed by atoms with E-state index in [4.69, 9.17) is 0 Å². The van der Waals surface area contributed by atoms with Gasteiger partial charge in [0.15, 0.2) is 5.78 Å². The van der Waals surface area contributed by atoms with Crippen LogP contribution in [0.5, 0.6) is 0 Å². The number of carbonyl (C=O) groups is 1. The van der Waals surface area contributed by atoms with Gasteiger partial charge in [-0.15, -0.1) is 11.3 Å². The molecule has 0 N–H and O–H groups in total. The maximum Gasteiger partial charge on any atom is 0.417 e. The molecule has 1 aliphatic rings. The second-order valence-electron chi connectivity index (χ2n) is 5.48. The topological polar surface area (TPSA) is 33.2 Å². The number of aromatic nitrogens is 1. The lowest BCUT2D eigenvalue weighted by molar-refractivity contribution is -0.136. The number of thiophene rings is 1. The largest absolute Gasteiger partial charge is 0.417 e. The van der Waals surface area contributed by atoms with Gasteiger partial charge in [0.1, 0.15) is 5.82 Å². The van der Waals surface area contributed by atoms with Crippen molar-refractivity contribution in [2.45, 2.75) is 32.4 Å². The molecule has 1 fully saturated rings. The number of nitrogens with zero attached hydrogens (tertiary/aromatic N) is 2. The van der Waals surface area contributed by atoms with Gasteiger partial charge in [0.25, 0.3) is 0 Å². The predicted octanol–water partition coefficient (Wildman–Crippen LogP) is 4.71. The van der Waals surface area contributed by atoms with Crippen molar-refractivity contribution in [1.82, 2.24) is 4.98 Å². The Bertz CT molecular complexity index is 733. The van der Waals surface area contributed by atoms with Crippen molar-refractivity contribution in [1.29, 1.82) is 0 Å². The monoisotopic (exact) mass is 341 g/mol. The first-order valence-electron chi connectivity index (χ1n) is 7.51. The van der Waals surface area contributed by atoms with E-state index in [1.165, 1.54) is 5.38 Å². The fourth-order valence-electron chi connectivity index (χ4n) is 2.74. The van der Waals surface area contributed by atoms with Crippen LogP contribution >= 0.6 is 11.3 Å². The van der Waals surface area contributed by atoms with Crippen molar-refractivity contribution in [3.63, 3.8) is 0 Å². The number of carbonyl (C=O) groups excluding carboxylic acids is 1. The minimum atomic E-state index is -4.46. The molecule has 1 saturated heterocycles. The lowest BCUT2D eigenvalue weighted by atomic mass is 10.1. The van der Waals surface area contributed by atoms with Gasteiger partial charge in [-0.3, -0.25) is 4.79 Å². The Hall–Kier alpha value is -1.63. The lowest BCUT2D eigenvalue weighted by Gasteiger charge is -2.28. The van der Waals surface area contributed by atoms with E-state index in [0.29, 0.717) is 24.5 Å². The van der Waals surface area contributed by atoms with Crippen molar-refractivity contribution in [3.05, 3.63) is 29.0 Å². The first-order valence-corrected chi connectivity index (χ1v) is 8.39. The minimum Gasteiger partial charge on any atom is -0.357 e. The molecule has 0 unspecified atom stereocenters. The Labute approximate surface area is 136 Å². The summed E-state index contributed by atoms with van der Waals surface area (Å²) in [6.07, 6.45) is -0.444. The highest BCUT2D eigenvalue weighted by atomic mass is 32.1. The van der Waals surface area contributed by atoms with Crippen LogP contribution in [0, 0.1) is 6.42 Å². The van der Waals surface area contributed by atoms with Gasteiger partial charge in [0.05, 0.1) is 21.3 Å². The summed E-state index contributed by atoms with van der Waals surface area (Å²) in [5, 5.41) is 1.49.